The largest absolute Gasteiger partial charge is 0.490 e. The first-order chi connectivity index (χ1) is 18.1. The molecule has 5 nitrogen and oxygen atoms in total. The van der Waals surface area contributed by atoms with Crippen molar-refractivity contribution in [3.8, 4) is 22.6 Å². The van der Waals surface area contributed by atoms with Gasteiger partial charge < -0.3 is 14.2 Å². The number of carbonyl (C=O) groups excluding carboxylic acids is 2. The average Bonchev–Trinajstić information content (AvgIpc) is 2.89. The standard InChI is InChI=1S/C29H26F4O5/c1-3-5-6-26(29(31,32)33)38-28(35)24-16-15-23(18-25(24)30)37-27(34)21-9-7-19(8-10-21)20-11-13-22(14-12-20)36-17-4-2/h4,7-16,18,26H,2-3,5-6,17H2,1H3. The Balaban J connectivity index is 1.64. The molecule has 0 heterocycles. The average molecular weight is 531 g/mol. The Morgan fingerprint density at radius 3 is 2.08 bits per heavy atom. The highest BCUT2D eigenvalue weighted by Crippen LogP contribution is 2.29. The third kappa shape index (κ3) is 7.68. The number of ether oxygens (including phenoxy) is 3. The lowest BCUT2D eigenvalue weighted by molar-refractivity contribution is -0.206. The lowest BCUT2D eigenvalue weighted by Crippen LogP contribution is -2.34. The van der Waals surface area contributed by atoms with Crippen molar-refractivity contribution in [2.75, 3.05) is 6.61 Å². The maximum atomic E-state index is 14.5. The maximum Gasteiger partial charge on any atom is 0.425 e. The molecule has 9 heteroatoms. The van der Waals surface area contributed by atoms with Gasteiger partial charge in [0, 0.05) is 6.07 Å². The minimum absolute atomic E-state index is 0.188. The molecule has 0 saturated carbocycles. The van der Waals surface area contributed by atoms with Crippen molar-refractivity contribution >= 4 is 11.9 Å². The van der Waals surface area contributed by atoms with Gasteiger partial charge in [-0.3, -0.25) is 0 Å². The van der Waals surface area contributed by atoms with Crippen molar-refractivity contribution in [2.45, 2.75) is 38.5 Å². The molecule has 200 valence electrons. The highest BCUT2D eigenvalue weighted by Gasteiger charge is 2.42. The highest BCUT2D eigenvalue weighted by atomic mass is 19.4. The Morgan fingerprint density at radius 1 is 0.921 bits per heavy atom. The van der Waals surface area contributed by atoms with Crippen LogP contribution >= 0.6 is 0 Å². The quantitative estimate of drug-likeness (QED) is 0.111. The monoisotopic (exact) mass is 530 g/mol. The summed E-state index contributed by atoms with van der Waals surface area (Å²) in [5, 5.41) is 0. The predicted molar refractivity (Wildman–Crippen MR) is 134 cm³/mol. The first kappa shape index (κ1) is 28.4. The Kier molecular flexibility index (Phi) is 9.65. The number of halogens is 4. The fourth-order valence-corrected chi connectivity index (χ4v) is 3.46. The second-order valence-corrected chi connectivity index (χ2v) is 8.31. The normalized spacial score (nSPS) is 11.9. The number of carbonyl (C=O) groups is 2. The molecular weight excluding hydrogens is 504 g/mol. The smallest absolute Gasteiger partial charge is 0.425 e. The van der Waals surface area contributed by atoms with Crippen LogP contribution < -0.4 is 9.47 Å². The van der Waals surface area contributed by atoms with Crippen LogP contribution in [-0.2, 0) is 4.74 Å². The van der Waals surface area contributed by atoms with Crippen LogP contribution in [-0.4, -0.2) is 30.8 Å². The van der Waals surface area contributed by atoms with E-state index in [1.165, 1.54) is 12.1 Å². The zero-order chi connectivity index (χ0) is 27.7. The molecule has 0 amide bonds. The first-order valence-corrected chi connectivity index (χ1v) is 11.9. The van der Waals surface area contributed by atoms with E-state index in [0.29, 0.717) is 18.8 Å². The minimum atomic E-state index is -4.77. The minimum Gasteiger partial charge on any atom is -0.490 e. The molecule has 0 saturated heterocycles. The van der Waals surface area contributed by atoms with Crippen LogP contribution in [0.25, 0.3) is 11.1 Å². The fraction of sp³-hybridized carbons (Fsp3) is 0.241. The van der Waals surface area contributed by atoms with Crippen molar-refractivity contribution in [3.63, 3.8) is 0 Å². The number of rotatable bonds is 11. The van der Waals surface area contributed by atoms with E-state index >= 15 is 0 Å². The molecule has 0 fully saturated rings. The summed E-state index contributed by atoms with van der Waals surface area (Å²) in [4.78, 5) is 24.7. The van der Waals surface area contributed by atoms with Crippen LogP contribution in [0.2, 0.25) is 0 Å². The van der Waals surface area contributed by atoms with Crippen LogP contribution in [0.5, 0.6) is 11.5 Å². The van der Waals surface area contributed by atoms with Gasteiger partial charge in [-0.25, -0.2) is 14.0 Å². The maximum absolute atomic E-state index is 14.5. The van der Waals surface area contributed by atoms with Crippen LogP contribution in [0.1, 0.15) is 46.9 Å². The number of esters is 2. The molecule has 0 aromatic heterocycles. The summed E-state index contributed by atoms with van der Waals surface area (Å²) in [5.74, 6) is -2.93. The SMILES string of the molecule is C=CCOc1ccc(-c2ccc(C(=O)Oc3ccc(C(=O)OC(CCCC)C(F)(F)F)c(F)c3)cc2)cc1. The summed E-state index contributed by atoms with van der Waals surface area (Å²) >= 11 is 0. The van der Waals surface area contributed by atoms with E-state index in [-0.39, 0.29) is 17.7 Å². The topological polar surface area (TPSA) is 61.8 Å². The number of alkyl halides is 3. The number of hydrogen-bond acceptors (Lipinski definition) is 5. The fourth-order valence-electron chi connectivity index (χ4n) is 3.46. The van der Waals surface area contributed by atoms with E-state index < -0.39 is 42.0 Å². The van der Waals surface area contributed by atoms with Crippen LogP contribution in [0.3, 0.4) is 0 Å². The van der Waals surface area contributed by atoms with Gasteiger partial charge in [-0.1, -0.05) is 50.3 Å². The van der Waals surface area contributed by atoms with E-state index in [1.54, 1.807) is 25.1 Å². The van der Waals surface area contributed by atoms with Gasteiger partial charge >= 0.3 is 18.1 Å². The van der Waals surface area contributed by atoms with Crippen LogP contribution in [0.4, 0.5) is 17.6 Å². The molecule has 0 radical (unpaired) electrons. The lowest BCUT2D eigenvalue weighted by Gasteiger charge is -2.20. The predicted octanol–water partition coefficient (Wildman–Crippen LogP) is 7.55. The van der Waals surface area contributed by atoms with Gasteiger partial charge in [0.25, 0.3) is 0 Å². The van der Waals surface area contributed by atoms with Gasteiger partial charge in [0.05, 0.1) is 11.1 Å². The molecule has 0 N–H and O–H groups in total. The van der Waals surface area contributed by atoms with Crippen molar-refractivity contribution in [3.05, 3.63) is 96.3 Å². The molecule has 3 aromatic carbocycles. The molecule has 0 aliphatic heterocycles. The van der Waals surface area contributed by atoms with Crippen molar-refractivity contribution < 1.29 is 41.4 Å². The summed E-state index contributed by atoms with van der Waals surface area (Å²) in [6.45, 7) is 5.69. The van der Waals surface area contributed by atoms with Crippen molar-refractivity contribution in [1.82, 2.24) is 0 Å². The van der Waals surface area contributed by atoms with Crippen LogP contribution in [0, 0.1) is 5.82 Å². The molecule has 0 aliphatic rings. The van der Waals surface area contributed by atoms with E-state index in [2.05, 4.69) is 11.3 Å². The van der Waals surface area contributed by atoms with E-state index in [9.17, 15) is 27.2 Å². The van der Waals surface area contributed by atoms with Gasteiger partial charge in [-0.15, -0.1) is 0 Å². The lowest BCUT2D eigenvalue weighted by atomic mass is 10.0. The van der Waals surface area contributed by atoms with Crippen molar-refractivity contribution in [1.29, 1.82) is 0 Å². The zero-order valence-electron chi connectivity index (χ0n) is 20.6. The number of hydrogen-bond donors (Lipinski definition) is 0. The Bertz CT molecular complexity index is 1250. The molecule has 3 rings (SSSR count). The molecule has 0 spiro atoms. The van der Waals surface area contributed by atoms with Gasteiger partial charge in [-0.2, -0.15) is 13.2 Å². The first-order valence-electron chi connectivity index (χ1n) is 11.9. The summed E-state index contributed by atoms with van der Waals surface area (Å²) in [7, 11) is 0. The molecular formula is C29H26F4O5. The van der Waals surface area contributed by atoms with Crippen molar-refractivity contribution in [2.24, 2.45) is 0 Å². The molecule has 0 bridgehead atoms. The summed E-state index contributed by atoms with van der Waals surface area (Å²) in [5.41, 5.74) is 1.22. The summed E-state index contributed by atoms with van der Waals surface area (Å²) in [6.07, 6.45) is -5.22. The van der Waals surface area contributed by atoms with Gasteiger partial charge in [-0.05, 0) is 60.4 Å². The third-order valence-electron chi connectivity index (χ3n) is 5.48. The second-order valence-electron chi connectivity index (χ2n) is 8.31. The van der Waals surface area contributed by atoms with E-state index in [0.717, 1.165) is 29.3 Å². The van der Waals surface area contributed by atoms with Gasteiger partial charge in [0.2, 0.25) is 0 Å². The van der Waals surface area contributed by atoms with Gasteiger partial charge in [0.1, 0.15) is 23.9 Å². The molecule has 38 heavy (non-hydrogen) atoms. The number of benzene rings is 3. The van der Waals surface area contributed by atoms with Crippen LogP contribution in [0.15, 0.2) is 79.4 Å². The highest BCUT2D eigenvalue weighted by molar-refractivity contribution is 5.92. The second kappa shape index (κ2) is 12.9. The van der Waals surface area contributed by atoms with E-state index in [4.69, 9.17) is 9.47 Å². The number of unbranched alkanes of at least 4 members (excludes halogenated alkanes) is 1. The molecule has 0 aliphatic carbocycles. The van der Waals surface area contributed by atoms with E-state index in [1.807, 2.05) is 24.3 Å². The molecule has 1 atom stereocenters. The summed E-state index contributed by atoms with van der Waals surface area (Å²) < 4.78 is 69.0. The zero-order valence-corrected chi connectivity index (χ0v) is 20.6. The summed E-state index contributed by atoms with van der Waals surface area (Å²) in [6, 6.07) is 16.6. The Hall–Kier alpha value is -4.14. The molecule has 1 unspecified atom stereocenters. The van der Waals surface area contributed by atoms with Gasteiger partial charge in [0.15, 0.2) is 6.10 Å². The Labute approximate surface area is 217 Å². The third-order valence-corrected chi connectivity index (χ3v) is 5.48. The molecule has 3 aromatic rings. The Morgan fingerprint density at radius 2 is 1.53 bits per heavy atom.